The van der Waals surface area contributed by atoms with Gasteiger partial charge >= 0.3 is 0 Å². The fraction of sp³-hybridized carbons (Fsp3) is 0.818. The lowest BCUT2D eigenvalue weighted by molar-refractivity contribution is 0.0392. The SMILES string of the molecule is CC.CC.CC.CC.CC.CC.CC.CC.CC(C)C1CCN(C2CCC2)C[C@@H]1C.CC(C)C1CCN(C2CCC2)C[C@H]1C.CC(C)[C@H]1CCN(C2CCC2)C[C@@H]1C.CC(C)[C@H]1CCN(C2CCC2)C[C@H]1C.C[C@@H]1CN(C2CCC2)CC[C@@H]1c1ccccc1.C[C@@H]1CN(C2CCC2)CC[C@H]1c1ccccc1.C[C@H]1CN(C2CCC2)CCC1c1ccccc1.C[C@H]1CN(C2CCC2)CCC1c1ccccc1. The number of piperidine rings is 8. The van der Waals surface area contributed by atoms with Gasteiger partial charge in [-0.1, -0.05) is 394 Å². The molecule has 140 heavy (non-hydrogen) atoms. The lowest BCUT2D eigenvalue weighted by atomic mass is 9.77. The van der Waals surface area contributed by atoms with E-state index in [0.717, 1.165) is 167 Å². The van der Waals surface area contributed by atoms with Crippen molar-refractivity contribution in [1.29, 1.82) is 0 Å². The molecule has 16 atom stereocenters. The first-order valence-corrected chi connectivity index (χ1v) is 62.2. The van der Waals surface area contributed by atoms with Gasteiger partial charge < -0.3 is 39.2 Å². The van der Waals surface area contributed by atoms with Gasteiger partial charge in [0.05, 0.1) is 0 Å². The summed E-state index contributed by atoms with van der Waals surface area (Å²) in [5, 5.41) is 0. The predicted molar refractivity (Wildman–Crippen MR) is 625 cm³/mol. The summed E-state index contributed by atoms with van der Waals surface area (Å²) < 4.78 is 0. The molecule has 16 aliphatic rings. The number of nitrogens with zero attached hydrogens (tertiary/aromatic N) is 8. The Morgan fingerprint density at radius 2 is 0.286 bits per heavy atom. The Balaban J connectivity index is 0.000000276. The Hall–Kier alpha value is -3.44. The largest absolute Gasteiger partial charge is 0.300 e. The van der Waals surface area contributed by atoms with Gasteiger partial charge in [-0.05, 0) is 347 Å². The van der Waals surface area contributed by atoms with E-state index in [-0.39, 0.29) is 0 Å². The van der Waals surface area contributed by atoms with Crippen LogP contribution in [0.2, 0.25) is 0 Å². The van der Waals surface area contributed by atoms with E-state index in [1.54, 1.807) is 22.3 Å². The highest BCUT2D eigenvalue weighted by molar-refractivity contribution is 5.25. The van der Waals surface area contributed by atoms with Gasteiger partial charge in [-0.15, -0.1) is 0 Å². The van der Waals surface area contributed by atoms with Crippen molar-refractivity contribution in [3.8, 4) is 0 Å². The highest BCUT2D eigenvalue weighted by Gasteiger charge is 2.42. The highest BCUT2D eigenvalue weighted by atomic mass is 15.2. The van der Waals surface area contributed by atoms with Gasteiger partial charge in [0.25, 0.3) is 0 Å². The molecule has 8 heteroatoms. The molecular weight excluding hydrogens is 1700 g/mol. The van der Waals surface area contributed by atoms with E-state index in [2.05, 4.69) is 271 Å². The summed E-state index contributed by atoms with van der Waals surface area (Å²) in [6.07, 6.45) is 46.2. The van der Waals surface area contributed by atoms with E-state index in [4.69, 9.17) is 0 Å². The third-order valence-electron chi connectivity index (χ3n) is 36.8. The number of benzene rings is 4. The molecule has 808 valence electrons. The van der Waals surface area contributed by atoms with E-state index in [9.17, 15) is 0 Å². The van der Waals surface area contributed by atoms with Gasteiger partial charge in [0, 0.05) is 101 Å². The van der Waals surface area contributed by atoms with Crippen LogP contribution >= 0.6 is 0 Å². The number of hydrogen-bond acceptors (Lipinski definition) is 8. The molecule has 0 radical (unpaired) electrons. The molecule has 8 nitrogen and oxygen atoms in total. The lowest BCUT2D eigenvalue weighted by Crippen LogP contribution is -2.48. The average Bonchev–Trinajstić information content (AvgIpc) is 0.729. The molecule has 0 bridgehead atoms. The minimum absolute atomic E-state index is 0.785. The standard InChI is InChI=1S/4C16H23N.4C13H25N.8C2H6/c4*1-13-12-17(15-8-5-9-15)11-10-16(13)14-6-3-2-4-7-14;4*1-10(2)13-7-8-14(9-11(13)3)12-5-4-6-12;8*1-2/h4*2-4,6-7,13,15-16H,5,8-12H2,1H3;4*10-13H,4-9H2,1-3H3;8*1-2H3/t2*13-,16?;13-,16+;13-,16-;2*11-,13?;11-,13+;11-,13-;;;;;;;;/m00111001......../s1. The molecule has 8 saturated carbocycles. The van der Waals surface area contributed by atoms with Crippen LogP contribution in [0.5, 0.6) is 0 Å². The topological polar surface area (TPSA) is 25.9 Å². The van der Waals surface area contributed by atoms with Crippen LogP contribution in [0.4, 0.5) is 0 Å². The van der Waals surface area contributed by atoms with Crippen molar-refractivity contribution in [3.63, 3.8) is 0 Å². The van der Waals surface area contributed by atoms with E-state index in [1.165, 1.54) is 310 Å². The maximum Gasteiger partial charge on any atom is 0.00954 e. The van der Waals surface area contributed by atoms with Gasteiger partial charge in [0.2, 0.25) is 0 Å². The Morgan fingerprint density at radius 1 is 0.164 bits per heavy atom. The van der Waals surface area contributed by atoms with Crippen molar-refractivity contribution >= 4 is 0 Å². The summed E-state index contributed by atoms with van der Waals surface area (Å²) in [6.45, 7) is 92.1. The summed E-state index contributed by atoms with van der Waals surface area (Å²) in [6, 6.07) is 51.9. The fourth-order valence-electron chi connectivity index (χ4n) is 26.9. The number of hydrogen-bond donors (Lipinski definition) is 0. The van der Waals surface area contributed by atoms with Crippen LogP contribution < -0.4 is 0 Å². The third kappa shape index (κ3) is 40.1. The van der Waals surface area contributed by atoms with Crippen molar-refractivity contribution in [2.24, 2.45) is 94.7 Å². The lowest BCUT2D eigenvalue weighted by Gasteiger charge is -2.45. The van der Waals surface area contributed by atoms with E-state index < -0.39 is 0 Å². The summed E-state index contributed by atoms with van der Waals surface area (Å²) in [7, 11) is 0. The van der Waals surface area contributed by atoms with Crippen LogP contribution in [0.15, 0.2) is 121 Å². The highest BCUT2D eigenvalue weighted by Crippen LogP contribution is 2.45. The maximum absolute atomic E-state index is 2.76. The monoisotopic (exact) mass is 1940 g/mol. The summed E-state index contributed by atoms with van der Waals surface area (Å²) >= 11 is 0. The van der Waals surface area contributed by atoms with Crippen LogP contribution in [0.3, 0.4) is 0 Å². The van der Waals surface area contributed by atoms with Gasteiger partial charge in [0.1, 0.15) is 0 Å². The first-order chi connectivity index (χ1) is 68.1. The van der Waals surface area contributed by atoms with Gasteiger partial charge in [0.15, 0.2) is 0 Å². The average molecular weight is 1940 g/mol. The normalized spacial score (nSPS) is 29.9. The Morgan fingerprint density at radius 3 is 0.386 bits per heavy atom. The van der Waals surface area contributed by atoms with Crippen molar-refractivity contribution in [1.82, 2.24) is 39.2 Å². The second-order valence-corrected chi connectivity index (χ2v) is 46.5. The molecule has 16 fully saturated rings. The molecule has 4 aromatic rings. The maximum atomic E-state index is 2.76. The molecule has 0 aromatic heterocycles. The quantitative estimate of drug-likeness (QED) is 0.110. The molecule has 0 spiro atoms. The molecular formula is C132H240N8. The molecule has 0 N–H and O–H groups in total. The minimum Gasteiger partial charge on any atom is -0.300 e. The van der Waals surface area contributed by atoms with Crippen LogP contribution in [0, 0.1) is 94.7 Å². The van der Waals surface area contributed by atoms with Gasteiger partial charge in [-0.3, -0.25) is 0 Å². The minimum atomic E-state index is 0.785. The van der Waals surface area contributed by atoms with Gasteiger partial charge in [-0.2, -0.15) is 0 Å². The Labute approximate surface area is 875 Å². The van der Waals surface area contributed by atoms with Crippen molar-refractivity contribution in [2.45, 2.75) is 499 Å². The summed E-state index contributed by atoms with van der Waals surface area (Å²) in [5.74, 6) is 17.5. The second-order valence-electron chi connectivity index (χ2n) is 46.5. The fourth-order valence-corrected chi connectivity index (χ4v) is 26.9. The molecule has 8 heterocycles. The zero-order chi connectivity index (χ0) is 103. The Bertz CT molecular complexity index is 3060. The molecule has 8 aliphatic carbocycles. The molecule has 0 amide bonds. The van der Waals surface area contributed by atoms with Crippen molar-refractivity contribution in [2.75, 3.05) is 105 Å². The zero-order valence-electron chi connectivity index (χ0n) is 99.2. The third-order valence-corrected chi connectivity index (χ3v) is 36.8. The zero-order valence-corrected chi connectivity index (χ0v) is 99.2. The smallest absolute Gasteiger partial charge is 0.00954 e. The molecule has 20 rings (SSSR count). The van der Waals surface area contributed by atoms with Crippen LogP contribution in [0.1, 0.15) is 473 Å². The number of likely N-dealkylation sites (tertiary alicyclic amines) is 8. The molecule has 8 aliphatic heterocycles. The van der Waals surface area contributed by atoms with Gasteiger partial charge in [-0.25, -0.2) is 0 Å². The van der Waals surface area contributed by atoms with E-state index >= 15 is 0 Å². The van der Waals surface area contributed by atoms with Crippen LogP contribution in [0.25, 0.3) is 0 Å². The molecule has 4 aromatic carbocycles. The summed E-state index contributed by atoms with van der Waals surface area (Å²) in [5.41, 5.74) is 6.20. The Kier molecular flexibility index (Phi) is 65.4. The van der Waals surface area contributed by atoms with Crippen LogP contribution in [-0.2, 0) is 0 Å². The second kappa shape index (κ2) is 72.1. The number of rotatable bonds is 16. The molecule has 8 saturated heterocycles. The first kappa shape index (κ1) is 127. The van der Waals surface area contributed by atoms with E-state index in [0.29, 0.717) is 0 Å². The summed E-state index contributed by atoms with van der Waals surface area (Å²) in [4.78, 5) is 22.0. The van der Waals surface area contributed by atoms with Crippen molar-refractivity contribution in [3.05, 3.63) is 144 Å². The van der Waals surface area contributed by atoms with Crippen LogP contribution in [-0.4, -0.2) is 192 Å². The first-order valence-electron chi connectivity index (χ1n) is 62.2. The molecule has 4 unspecified atom stereocenters. The van der Waals surface area contributed by atoms with E-state index in [1.807, 2.05) is 111 Å². The van der Waals surface area contributed by atoms with Crippen molar-refractivity contribution < 1.29 is 0 Å². The predicted octanol–water partition coefficient (Wildman–Crippen LogP) is 35.5.